The first-order valence-electron chi connectivity index (χ1n) is 6.19. The molecule has 1 aromatic heterocycles. The molecule has 1 heterocycles. The summed E-state index contributed by atoms with van der Waals surface area (Å²) in [6, 6.07) is 14.1. The Hall–Kier alpha value is -1.23. The van der Waals surface area contributed by atoms with E-state index in [0.29, 0.717) is 0 Å². The summed E-state index contributed by atoms with van der Waals surface area (Å²) in [6.45, 7) is 0. The van der Waals surface area contributed by atoms with Crippen molar-refractivity contribution in [2.24, 2.45) is 5.73 Å². The molecule has 3 aromatic rings. The van der Waals surface area contributed by atoms with Crippen molar-refractivity contribution in [3.63, 3.8) is 0 Å². The van der Waals surface area contributed by atoms with Crippen molar-refractivity contribution in [2.75, 3.05) is 0 Å². The Kier molecular flexibility index (Phi) is 3.87. The zero-order chi connectivity index (χ0) is 14.1. The molecule has 0 radical (unpaired) electrons. The van der Waals surface area contributed by atoms with E-state index in [0.717, 1.165) is 30.8 Å². The number of fused-ring (bicyclic) bond motifs is 1. The van der Waals surface area contributed by atoms with Gasteiger partial charge in [-0.25, -0.2) is 0 Å². The number of benzene rings is 2. The fourth-order valence-electron chi connectivity index (χ4n) is 2.34. The Labute approximate surface area is 134 Å². The van der Waals surface area contributed by atoms with E-state index in [1.165, 1.54) is 0 Å². The van der Waals surface area contributed by atoms with Crippen molar-refractivity contribution in [1.29, 1.82) is 0 Å². The van der Waals surface area contributed by atoms with E-state index in [4.69, 9.17) is 5.73 Å². The lowest BCUT2D eigenvalue weighted by Gasteiger charge is -2.16. The van der Waals surface area contributed by atoms with Gasteiger partial charge in [0.25, 0.3) is 0 Å². The van der Waals surface area contributed by atoms with Gasteiger partial charge < -0.3 is 5.73 Å². The van der Waals surface area contributed by atoms with Gasteiger partial charge in [0, 0.05) is 26.7 Å². The zero-order valence-corrected chi connectivity index (χ0v) is 13.7. The predicted molar refractivity (Wildman–Crippen MR) is 89.6 cm³/mol. The minimum Gasteiger partial charge on any atom is -0.320 e. The van der Waals surface area contributed by atoms with Crippen LogP contribution in [0.1, 0.15) is 17.2 Å². The van der Waals surface area contributed by atoms with E-state index in [1.54, 1.807) is 6.20 Å². The van der Waals surface area contributed by atoms with E-state index in [2.05, 4.69) is 49.0 Å². The van der Waals surface area contributed by atoms with Gasteiger partial charge in [0.2, 0.25) is 0 Å². The molecule has 0 amide bonds. The van der Waals surface area contributed by atoms with E-state index >= 15 is 0 Å². The van der Waals surface area contributed by atoms with Crippen molar-refractivity contribution >= 4 is 42.6 Å². The van der Waals surface area contributed by atoms with E-state index in [9.17, 15) is 0 Å². The van der Waals surface area contributed by atoms with Crippen LogP contribution in [0.25, 0.3) is 10.8 Å². The lowest BCUT2D eigenvalue weighted by Crippen LogP contribution is -2.12. The molecule has 1 atom stereocenters. The van der Waals surface area contributed by atoms with Crippen LogP contribution in [0.15, 0.2) is 63.8 Å². The van der Waals surface area contributed by atoms with Crippen LogP contribution in [0, 0.1) is 0 Å². The van der Waals surface area contributed by atoms with Gasteiger partial charge in [-0.2, -0.15) is 0 Å². The van der Waals surface area contributed by atoms with E-state index in [-0.39, 0.29) is 6.04 Å². The van der Waals surface area contributed by atoms with Gasteiger partial charge in [-0.3, -0.25) is 4.98 Å². The Morgan fingerprint density at radius 2 is 1.75 bits per heavy atom. The Morgan fingerprint density at radius 3 is 2.50 bits per heavy atom. The summed E-state index contributed by atoms with van der Waals surface area (Å²) in [5.74, 6) is 0. The number of hydrogen-bond donors (Lipinski definition) is 1. The molecule has 100 valence electrons. The molecule has 2 aromatic carbocycles. The molecule has 0 aliphatic carbocycles. The summed E-state index contributed by atoms with van der Waals surface area (Å²) in [6.07, 6.45) is 3.67. The summed E-state index contributed by atoms with van der Waals surface area (Å²) in [7, 11) is 0. The summed E-state index contributed by atoms with van der Waals surface area (Å²) in [5, 5.41) is 2.25. The minimum atomic E-state index is -0.184. The van der Waals surface area contributed by atoms with Crippen LogP contribution in [0.3, 0.4) is 0 Å². The van der Waals surface area contributed by atoms with Crippen LogP contribution in [0.5, 0.6) is 0 Å². The third-order valence-electron chi connectivity index (χ3n) is 3.30. The highest BCUT2D eigenvalue weighted by molar-refractivity contribution is 9.11. The highest BCUT2D eigenvalue weighted by Gasteiger charge is 2.13. The van der Waals surface area contributed by atoms with Crippen molar-refractivity contribution < 1.29 is 0 Å². The van der Waals surface area contributed by atoms with Gasteiger partial charge in [-0.05, 0) is 40.8 Å². The summed E-state index contributed by atoms with van der Waals surface area (Å²) < 4.78 is 2.02. The second-order valence-electron chi connectivity index (χ2n) is 4.62. The molecule has 2 N–H and O–H groups in total. The molecule has 0 fully saturated rings. The third kappa shape index (κ3) is 2.64. The van der Waals surface area contributed by atoms with Crippen LogP contribution in [0.4, 0.5) is 0 Å². The fraction of sp³-hybridized carbons (Fsp3) is 0.0625. The maximum atomic E-state index is 6.45. The lowest BCUT2D eigenvalue weighted by atomic mass is 9.95. The van der Waals surface area contributed by atoms with E-state index in [1.807, 2.05) is 36.5 Å². The molecule has 1 unspecified atom stereocenters. The van der Waals surface area contributed by atoms with Gasteiger partial charge in [-0.1, -0.05) is 50.1 Å². The average molecular weight is 392 g/mol. The molecule has 0 aliphatic heterocycles. The van der Waals surface area contributed by atoms with Crippen LogP contribution < -0.4 is 5.73 Å². The molecule has 3 rings (SSSR count). The van der Waals surface area contributed by atoms with Crippen LogP contribution >= 0.6 is 31.9 Å². The number of nitrogens with zero attached hydrogens (tertiary/aromatic N) is 1. The van der Waals surface area contributed by atoms with Crippen LogP contribution in [-0.2, 0) is 0 Å². The first-order valence-corrected chi connectivity index (χ1v) is 7.78. The molecule has 0 saturated carbocycles. The van der Waals surface area contributed by atoms with Crippen molar-refractivity contribution in [2.45, 2.75) is 6.04 Å². The lowest BCUT2D eigenvalue weighted by molar-refractivity contribution is 0.878. The van der Waals surface area contributed by atoms with Gasteiger partial charge in [-0.15, -0.1) is 0 Å². The largest absolute Gasteiger partial charge is 0.320 e. The Balaban J connectivity index is 2.15. The predicted octanol–water partition coefficient (Wildman–Crippen LogP) is 4.81. The topological polar surface area (TPSA) is 38.9 Å². The number of rotatable bonds is 2. The highest BCUT2D eigenvalue weighted by Crippen LogP contribution is 2.30. The average Bonchev–Trinajstić information content (AvgIpc) is 2.45. The summed E-state index contributed by atoms with van der Waals surface area (Å²) in [5.41, 5.74) is 8.59. The monoisotopic (exact) mass is 390 g/mol. The van der Waals surface area contributed by atoms with Crippen molar-refractivity contribution in [1.82, 2.24) is 4.98 Å². The zero-order valence-electron chi connectivity index (χ0n) is 10.6. The Morgan fingerprint density at radius 1 is 1.00 bits per heavy atom. The first-order chi connectivity index (χ1) is 9.65. The van der Waals surface area contributed by atoms with Gasteiger partial charge in [0.05, 0.1) is 6.04 Å². The van der Waals surface area contributed by atoms with Gasteiger partial charge >= 0.3 is 0 Å². The Bertz CT molecular complexity index is 746. The molecule has 0 bridgehead atoms. The second kappa shape index (κ2) is 5.64. The number of pyridine rings is 1. The standard InChI is InChI=1S/C16H12Br2N2/c17-12-6-11(7-13(18)8-12)16(19)14-3-1-2-10-4-5-20-9-15(10)14/h1-9,16H,19H2. The number of aromatic nitrogens is 1. The van der Waals surface area contributed by atoms with Crippen LogP contribution in [-0.4, -0.2) is 4.98 Å². The molecule has 2 nitrogen and oxygen atoms in total. The molecule has 0 saturated heterocycles. The molecule has 0 spiro atoms. The van der Waals surface area contributed by atoms with Gasteiger partial charge in [0.15, 0.2) is 0 Å². The second-order valence-corrected chi connectivity index (χ2v) is 6.46. The smallest absolute Gasteiger partial charge is 0.0559 e. The maximum absolute atomic E-state index is 6.45. The number of halogens is 2. The maximum Gasteiger partial charge on any atom is 0.0559 e. The summed E-state index contributed by atoms with van der Waals surface area (Å²) in [4.78, 5) is 4.21. The van der Waals surface area contributed by atoms with Crippen LogP contribution in [0.2, 0.25) is 0 Å². The third-order valence-corrected chi connectivity index (χ3v) is 4.21. The molecule has 0 aliphatic rings. The summed E-state index contributed by atoms with van der Waals surface area (Å²) >= 11 is 7.01. The number of hydrogen-bond acceptors (Lipinski definition) is 2. The molecular weight excluding hydrogens is 380 g/mol. The minimum absolute atomic E-state index is 0.184. The van der Waals surface area contributed by atoms with Gasteiger partial charge in [0.1, 0.15) is 0 Å². The van der Waals surface area contributed by atoms with Crippen molar-refractivity contribution in [3.8, 4) is 0 Å². The quantitative estimate of drug-likeness (QED) is 0.680. The molecular formula is C16H12Br2N2. The fourth-order valence-corrected chi connectivity index (χ4v) is 3.67. The first kappa shape index (κ1) is 13.7. The number of nitrogens with two attached hydrogens (primary N) is 1. The molecule has 20 heavy (non-hydrogen) atoms. The normalized spacial score (nSPS) is 12.6. The molecule has 4 heteroatoms. The SMILES string of the molecule is NC(c1cc(Br)cc(Br)c1)c1cccc2ccncc12. The highest BCUT2D eigenvalue weighted by atomic mass is 79.9. The van der Waals surface area contributed by atoms with E-state index < -0.39 is 0 Å². The van der Waals surface area contributed by atoms with Crippen molar-refractivity contribution in [3.05, 3.63) is 74.9 Å².